The number of rotatable bonds is 5. The second-order valence-corrected chi connectivity index (χ2v) is 2.96. The number of primary amides is 1. The topological polar surface area (TPSA) is 107 Å². The molecule has 0 aliphatic carbocycles. The van der Waals surface area contributed by atoms with Gasteiger partial charge in [0, 0.05) is 0 Å². The Morgan fingerprint density at radius 1 is 1.54 bits per heavy atom. The van der Waals surface area contributed by atoms with Crippen LogP contribution in [0.25, 0.3) is 0 Å². The summed E-state index contributed by atoms with van der Waals surface area (Å²) < 4.78 is 0. The summed E-state index contributed by atoms with van der Waals surface area (Å²) in [6.45, 7) is 2.98. The molecule has 2 amide bonds. The molecule has 0 fully saturated rings. The first-order chi connectivity index (χ1) is 5.90. The minimum atomic E-state index is -0.988. The molecule has 6 nitrogen and oxygen atoms in total. The first-order valence-electron chi connectivity index (χ1n) is 3.89. The number of nitrogens with one attached hydrogen (secondary N) is 1. The van der Waals surface area contributed by atoms with Crippen molar-refractivity contribution in [1.29, 1.82) is 0 Å². The molecule has 0 aliphatic heterocycles. The van der Waals surface area contributed by atoms with Crippen LogP contribution in [0, 0.1) is 0 Å². The minimum Gasteiger partial charge on any atom is -0.368 e. The van der Waals surface area contributed by atoms with E-state index < -0.39 is 17.4 Å². The molecule has 1 atom stereocenters. The van der Waals surface area contributed by atoms with Crippen molar-refractivity contribution >= 4 is 11.8 Å². The molecule has 0 rings (SSSR count). The molecule has 0 aromatic rings. The summed E-state index contributed by atoms with van der Waals surface area (Å²) in [5.74, 6) is -1.13. The van der Waals surface area contributed by atoms with Gasteiger partial charge in [-0.05, 0) is 13.3 Å². The lowest BCUT2D eigenvalue weighted by atomic mass is 10.0. The predicted molar refractivity (Wildman–Crippen MR) is 46.2 cm³/mol. The Balaban J connectivity index is 3.81. The van der Waals surface area contributed by atoms with Gasteiger partial charge in [-0.2, -0.15) is 0 Å². The van der Waals surface area contributed by atoms with E-state index in [9.17, 15) is 9.59 Å². The van der Waals surface area contributed by atoms with Crippen molar-refractivity contribution in [2.75, 3.05) is 6.61 Å². The van der Waals surface area contributed by atoms with Crippen molar-refractivity contribution in [2.24, 2.45) is 11.5 Å². The third-order valence-electron chi connectivity index (χ3n) is 1.63. The van der Waals surface area contributed by atoms with Crippen LogP contribution in [0.3, 0.4) is 0 Å². The van der Waals surface area contributed by atoms with Crippen LogP contribution in [-0.4, -0.2) is 24.0 Å². The highest BCUT2D eigenvalue weighted by Gasteiger charge is 2.25. The highest BCUT2D eigenvalue weighted by Crippen LogP contribution is 2.03. The Labute approximate surface area is 76.5 Å². The fraction of sp³-hybridized carbons (Fsp3) is 0.714. The monoisotopic (exact) mass is 189 g/mol. The lowest BCUT2D eigenvalue weighted by Gasteiger charge is -2.20. The zero-order valence-electron chi connectivity index (χ0n) is 7.79. The third kappa shape index (κ3) is 4.44. The fourth-order valence-corrected chi connectivity index (χ4v) is 0.450. The van der Waals surface area contributed by atoms with Gasteiger partial charge in [-0.25, -0.2) is 5.48 Å². The number of nitrogens with two attached hydrogens (primary N) is 2. The average molecular weight is 189 g/mol. The molecule has 0 aromatic carbocycles. The van der Waals surface area contributed by atoms with Gasteiger partial charge in [0.1, 0.15) is 0 Å². The molecule has 0 aliphatic rings. The van der Waals surface area contributed by atoms with E-state index in [0.29, 0.717) is 6.42 Å². The zero-order chi connectivity index (χ0) is 10.5. The van der Waals surface area contributed by atoms with E-state index in [1.165, 1.54) is 0 Å². The Bertz CT molecular complexity index is 203. The van der Waals surface area contributed by atoms with Crippen LogP contribution in [0.2, 0.25) is 0 Å². The van der Waals surface area contributed by atoms with Crippen LogP contribution in [0.15, 0.2) is 0 Å². The number of carbonyl (C=O) groups is 2. The lowest BCUT2D eigenvalue weighted by molar-refractivity contribution is -0.142. The maximum absolute atomic E-state index is 11.2. The molecule has 0 spiro atoms. The van der Waals surface area contributed by atoms with Gasteiger partial charge in [0.2, 0.25) is 5.91 Å². The quantitative estimate of drug-likeness (QED) is 0.464. The van der Waals surface area contributed by atoms with Crippen LogP contribution in [-0.2, 0) is 14.4 Å². The van der Waals surface area contributed by atoms with Gasteiger partial charge in [-0.15, -0.1) is 0 Å². The van der Waals surface area contributed by atoms with Crippen molar-refractivity contribution in [3.63, 3.8) is 0 Å². The highest BCUT2D eigenvalue weighted by atomic mass is 16.7. The Hall–Kier alpha value is -1.14. The van der Waals surface area contributed by atoms with Crippen LogP contribution in [0.4, 0.5) is 0 Å². The van der Waals surface area contributed by atoms with E-state index >= 15 is 0 Å². The van der Waals surface area contributed by atoms with Crippen LogP contribution < -0.4 is 16.9 Å². The summed E-state index contributed by atoms with van der Waals surface area (Å²) in [6.07, 6.45) is 0.471. The number of carbonyl (C=O) groups excluding carboxylic acids is 2. The summed E-state index contributed by atoms with van der Waals surface area (Å²) in [4.78, 5) is 25.9. The van der Waals surface area contributed by atoms with E-state index in [-0.39, 0.29) is 6.61 Å². The minimum absolute atomic E-state index is 0.356. The molecule has 5 N–H and O–H groups in total. The van der Waals surface area contributed by atoms with E-state index in [1.807, 2.05) is 5.48 Å². The van der Waals surface area contributed by atoms with Gasteiger partial charge >= 0.3 is 0 Å². The smallest absolute Gasteiger partial charge is 0.263 e. The van der Waals surface area contributed by atoms with Crippen molar-refractivity contribution in [3.05, 3.63) is 0 Å². The summed E-state index contributed by atoms with van der Waals surface area (Å²) in [5.41, 5.74) is 11.4. The first-order valence-corrected chi connectivity index (χ1v) is 3.89. The third-order valence-corrected chi connectivity index (χ3v) is 1.63. The van der Waals surface area contributed by atoms with Crippen molar-refractivity contribution < 1.29 is 14.4 Å². The number of hydroxylamine groups is 1. The number of amides is 2. The summed E-state index contributed by atoms with van der Waals surface area (Å²) in [7, 11) is 0. The molecule has 0 heterocycles. The van der Waals surface area contributed by atoms with Crippen LogP contribution in [0.5, 0.6) is 0 Å². The van der Waals surface area contributed by atoms with Gasteiger partial charge < -0.3 is 11.5 Å². The molecule has 0 saturated heterocycles. The van der Waals surface area contributed by atoms with E-state index in [0.717, 1.165) is 0 Å². The van der Waals surface area contributed by atoms with Gasteiger partial charge in [-0.1, -0.05) is 6.92 Å². The van der Waals surface area contributed by atoms with Crippen molar-refractivity contribution in [2.45, 2.75) is 25.8 Å². The van der Waals surface area contributed by atoms with E-state index in [1.54, 1.807) is 13.8 Å². The summed E-state index contributed by atoms with van der Waals surface area (Å²) >= 11 is 0. The van der Waals surface area contributed by atoms with Crippen molar-refractivity contribution in [1.82, 2.24) is 5.48 Å². The average Bonchev–Trinajstić information content (AvgIpc) is 2.03. The SMILES string of the molecule is CCC(C)(N)C(=O)NOCC(N)=O. The number of hydrogen-bond acceptors (Lipinski definition) is 4. The molecule has 1 unspecified atom stereocenters. The largest absolute Gasteiger partial charge is 0.368 e. The van der Waals surface area contributed by atoms with E-state index in [4.69, 9.17) is 11.5 Å². The molecule has 76 valence electrons. The Morgan fingerprint density at radius 3 is 2.46 bits per heavy atom. The fourth-order valence-electron chi connectivity index (χ4n) is 0.450. The van der Waals surface area contributed by atoms with Gasteiger partial charge in [0.15, 0.2) is 6.61 Å². The second kappa shape index (κ2) is 4.78. The molecule has 0 aromatic heterocycles. The normalized spacial score (nSPS) is 14.7. The number of hydrogen-bond donors (Lipinski definition) is 3. The molecule has 6 heteroatoms. The first kappa shape index (κ1) is 11.9. The summed E-state index contributed by atoms with van der Waals surface area (Å²) in [5, 5.41) is 0. The second-order valence-electron chi connectivity index (χ2n) is 2.96. The van der Waals surface area contributed by atoms with E-state index in [2.05, 4.69) is 4.84 Å². The highest BCUT2D eigenvalue weighted by molar-refractivity contribution is 5.84. The molecular formula is C7H15N3O3. The molecule has 0 bridgehead atoms. The van der Waals surface area contributed by atoms with Gasteiger partial charge in [0.25, 0.3) is 5.91 Å². The Morgan fingerprint density at radius 2 is 2.08 bits per heavy atom. The predicted octanol–water partition coefficient (Wildman–Crippen LogP) is -1.35. The van der Waals surface area contributed by atoms with Crippen LogP contribution in [0.1, 0.15) is 20.3 Å². The van der Waals surface area contributed by atoms with Crippen LogP contribution >= 0.6 is 0 Å². The molecular weight excluding hydrogens is 174 g/mol. The van der Waals surface area contributed by atoms with Gasteiger partial charge in [-0.3, -0.25) is 14.4 Å². The van der Waals surface area contributed by atoms with Gasteiger partial charge in [0.05, 0.1) is 5.54 Å². The van der Waals surface area contributed by atoms with Crippen molar-refractivity contribution in [3.8, 4) is 0 Å². The standard InChI is InChI=1S/C7H15N3O3/c1-3-7(2,9)6(12)10-13-4-5(8)11/h3-4,9H2,1-2H3,(H2,8,11)(H,10,12). The maximum Gasteiger partial charge on any atom is 0.263 e. The summed E-state index contributed by atoms with van der Waals surface area (Å²) in [6, 6.07) is 0. The maximum atomic E-state index is 11.2. The molecule has 13 heavy (non-hydrogen) atoms. The molecule has 0 radical (unpaired) electrons. The molecule has 0 saturated carbocycles. The Kier molecular flexibility index (Phi) is 4.36. The zero-order valence-corrected chi connectivity index (χ0v) is 7.79. The lowest BCUT2D eigenvalue weighted by Crippen LogP contribution is -2.51.